The van der Waals surface area contributed by atoms with Crippen molar-refractivity contribution in [2.24, 2.45) is 0 Å². The van der Waals surface area contributed by atoms with E-state index >= 15 is 0 Å². The molecule has 0 unspecified atom stereocenters. The van der Waals surface area contributed by atoms with Crippen molar-refractivity contribution >= 4 is 70.4 Å². The second-order valence-electron chi connectivity index (χ2n) is 12.8. The smallest absolute Gasteiger partial charge is 0.227 e. The van der Waals surface area contributed by atoms with Crippen LogP contribution < -0.4 is 4.90 Å². The van der Waals surface area contributed by atoms with Gasteiger partial charge in [-0.2, -0.15) is 0 Å². The van der Waals surface area contributed by atoms with Gasteiger partial charge in [0.2, 0.25) is 5.89 Å². The van der Waals surface area contributed by atoms with Crippen LogP contribution in [0.25, 0.3) is 75.8 Å². The molecule has 0 aliphatic heterocycles. The van der Waals surface area contributed by atoms with E-state index in [1.165, 1.54) is 53.2 Å². The summed E-state index contributed by atoms with van der Waals surface area (Å²) >= 11 is 1.79. The van der Waals surface area contributed by atoms with Crippen LogP contribution in [-0.2, 0) is 0 Å². The lowest BCUT2D eigenvalue weighted by Gasteiger charge is -2.26. The van der Waals surface area contributed by atoms with Gasteiger partial charge in [-0.15, -0.1) is 11.3 Å². The zero-order valence-electron chi connectivity index (χ0n) is 27.5. The maximum Gasteiger partial charge on any atom is 0.227 e. The van der Waals surface area contributed by atoms with Gasteiger partial charge in [-0.25, -0.2) is 4.98 Å². The van der Waals surface area contributed by atoms with E-state index in [0.29, 0.717) is 5.89 Å². The van der Waals surface area contributed by atoms with Gasteiger partial charge in [0.05, 0.1) is 0 Å². The molecular weight excluding hydrogens is 641 g/mol. The lowest BCUT2D eigenvalue weighted by molar-refractivity contribution is 0.620. The minimum atomic E-state index is 0.641. The maximum atomic E-state index is 6.42. The third-order valence-corrected chi connectivity index (χ3v) is 10.8. The van der Waals surface area contributed by atoms with Crippen LogP contribution in [-0.4, -0.2) is 4.98 Å². The molecule has 51 heavy (non-hydrogen) atoms. The quantitative estimate of drug-likeness (QED) is 0.176. The number of rotatable bonds is 6. The average Bonchev–Trinajstić information content (AvgIpc) is 3.78. The molecule has 0 N–H and O–H groups in total. The van der Waals surface area contributed by atoms with Crippen LogP contribution in [0.3, 0.4) is 0 Å². The lowest BCUT2D eigenvalue weighted by Crippen LogP contribution is -2.09. The SMILES string of the molecule is c1ccc(-c2ccc(N(c3ccc(-c4ccccc4)cc3)c3ccc4sc5cc6nc(-c7ccc8ccccc8c7)oc6cc5c4c3)cc2)cc1. The van der Waals surface area contributed by atoms with E-state index < -0.39 is 0 Å². The molecular formula is C47H30N2OS. The Bertz CT molecular complexity index is 2750. The monoisotopic (exact) mass is 670 g/mol. The molecule has 0 radical (unpaired) electrons. The highest BCUT2D eigenvalue weighted by Crippen LogP contribution is 2.43. The van der Waals surface area contributed by atoms with Crippen molar-refractivity contribution in [3.05, 3.63) is 182 Å². The van der Waals surface area contributed by atoms with E-state index in [-0.39, 0.29) is 0 Å². The van der Waals surface area contributed by atoms with Crippen molar-refractivity contribution in [1.82, 2.24) is 4.98 Å². The summed E-state index contributed by atoms with van der Waals surface area (Å²) in [5.41, 5.74) is 10.7. The number of anilines is 3. The molecule has 4 heteroatoms. The molecule has 0 bridgehead atoms. The fraction of sp³-hybridized carbons (Fsp3) is 0. The highest BCUT2D eigenvalue weighted by Gasteiger charge is 2.17. The van der Waals surface area contributed by atoms with Crippen LogP contribution in [0, 0.1) is 0 Å². The molecule has 2 aromatic heterocycles. The molecule has 10 aromatic rings. The number of nitrogens with zero attached hydrogens (tertiary/aromatic N) is 2. The number of fused-ring (bicyclic) bond motifs is 5. The van der Waals surface area contributed by atoms with Gasteiger partial charge in [-0.3, -0.25) is 0 Å². The number of aromatic nitrogens is 1. The highest BCUT2D eigenvalue weighted by atomic mass is 32.1. The summed E-state index contributed by atoms with van der Waals surface area (Å²) < 4.78 is 8.85. The first-order valence-corrected chi connectivity index (χ1v) is 17.9. The van der Waals surface area contributed by atoms with Gasteiger partial charge in [-0.1, -0.05) is 115 Å². The van der Waals surface area contributed by atoms with Crippen molar-refractivity contribution in [2.75, 3.05) is 4.90 Å². The predicted octanol–water partition coefficient (Wildman–Crippen LogP) is 13.8. The van der Waals surface area contributed by atoms with Crippen LogP contribution in [0.5, 0.6) is 0 Å². The molecule has 0 aliphatic carbocycles. The summed E-state index contributed by atoms with van der Waals surface area (Å²) in [6, 6.07) is 64.6. The van der Waals surface area contributed by atoms with Crippen molar-refractivity contribution < 1.29 is 4.42 Å². The number of oxazole rings is 1. The van der Waals surface area contributed by atoms with Crippen LogP contribution in [0.4, 0.5) is 17.1 Å². The predicted molar refractivity (Wildman–Crippen MR) is 215 cm³/mol. The molecule has 0 saturated carbocycles. The Morgan fingerprint density at radius 1 is 0.412 bits per heavy atom. The van der Waals surface area contributed by atoms with E-state index in [4.69, 9.17) is 9.40 Å². The fourth-order valence-electron chi connectivity index (χ4n) is 7.08. The summed E-state index contributed by atoms with van der Waals surface area (Å²) in [5.74, 6) is 0.641. The molecule has 0 atom stereocenters. The van der Waals surface area contributed by atoms with E-state index in [2.05, 4.69) is 187 Å². The molecule has 2 heterocycles. The highest BCUT2D eigenvalue weighted by molar-refractivity contribution is 7.25. The molecule has 0 fully saturated rings. The molecule has 8 aromatic carbocycles. The molecule has 0 amide bonds. The van der Waals surface area contributed by atoms with Gasteiger partial charge in [0.25, 0.3) is 0 Å². The Kier molecular flexibility index (Phi) is 7.00. The summed E-state index contributed by atoms with van der Waals surface area (Å²) in [7, 11) is 0. The van der Waals surface area contributed by atoms with Gasteiger partial charge >= 0.3 is 0 Å². The Hall–Kier alpha value is -6.49. The van der Waals surface area contributed by atoms with E-state index in [9.17, 15) is 0 Å². The molecule has 240 valence electrons. The Labute approximate surface area is 299 Å². The number of benzene rings is 8. The van der Waals surface area contributed by atoms with Crippen molar-refractivity contribution in [2.45, 2.75) is 0 Å². The second-order valence-corrected chi connectivity index (χ2v) is 13.9. The van der Waals surface area contributed by atoms with E-state index in [1.807, 2.05) is 0 Å². The van der Waals surface area contributed by atoms with Crippen LogP contribution in [0.2, 0.25) is 0 Å². The van der Waals surface area contributed by atoms with Gasteiger partial charge in [0.15, 0.2) is 5.58 Å². The molecule has 0 spiro atoms. The van der Waals surface area contributed by atoms with Crippen LogP contribution >= 0.6 is 11.3 Å². The van der Waals surface area contributed by atoms with Gasteiger partial charge < -0.3 is 9.32 Å². The summed E-state index contributed by atoms with van der Waals surface area (Å²) in [6.07, 6.45) is 0. The minimum absolute atomic E-state index is 0.641. The number of hydrogen-bond donors (Lipinski definition) is 0. The lowest BCUT2D eigenvalue weighted by atomic mass is 10.0. The zero-order chi connectivity index (χ0) is 33.7. The first kappa shape index (κ1) is 29.4. The third-order valence-electron chi connectivity index (χ3n) is 9.68. The van der Waals surface area contributed by atoms with E-state index in [1.54, 1.807) is 11.3 Å². The molecule has 3 nitrogen and oxygen atoms in total. The summed E-state index contributed by atoms with van der Waals surface area (Å²) in [4.78, 5) is 7.27. The maximum absolute atomic E-state index is 6.42. The van der Waals surface area contributed by atoms with Crippen molar-refractivity contribution in [1.29, 1.82) is 0 Å². The second kappa shape index (κ2) is 12.1. The van der Waals surface area contributed by atoms with Gasteiger partial charge in [0, 0.05) is 42.8 Å². The number of thiophene rings is 1. The number of hydrogen-bond acceptors (Lipinski definition) is 4. The first-order valence-electron chi connectivity index (χ1n) is 17.1. The van der Waals surface area contributed by atoms with Crippen molar-refractivity contribution in [3.8, 4) is 33.7 Å². The van der Waals surface area contributed by atoms with Gasteiger partial charge in [-0.05, 0) is 99.8 Å². The molecule has 0 saturated heterocycles. The Balaban J connectivity index is 1.08. The standard InChI is InChI=1S/C47H30N2OS/c1-3-9-31(10-4-1)34-17-21-38(22-18-34)49(39-23-19-35(20-24-39)32-11-5-2-6-12-32)40-25-26-45-41(28-40)42-29-44-43(30-46(42)51-45)48-47(50-44)37-16-15-33-13-7-8-14-36(33)27-37/h1-30H. The Morgan fingerprint density at radius 3 is 1.63 bits per heavy atom. The van der Waals surface area contributed by atoms with E-state index in [0.717, 1.165) is 33.7 Å². The van der Waals surface area contributed by atoms with Crippen LogP contribution in [0.15, 0.2) is 186 Å². The fourth-order valence-corrected chi connectivity index (χ4v) is 8.19. The normalized spacial score (nSPS) is 11.5. The first-order chi connectivity index (χ1) is 25.2. The summed E-state index contributed by atoms with van der Waals surface area (Å²) in [5, 5.41) is 4.74. The molecule has 10 rings (SSSR count). The van der Waals surface area contributed by atoms with Gasteiger partial charge in [0.1, 0.15) is 5.52 Å². The molecule has 0 aliphatic rings. The van der Waals surface area contributed by atoms with Crippen LogP contribution in [0.1, 0.15) is 0 Å². The Morgan fingerprint density at radius 2 is 0.961 bits per heavy atom. The average molecular weight is 671 g/mol. The van der Waals surface area contributed by atoms with Crippen molar-refractivity contribution in [3.63, 3.8) is 0 Å². The topological polar surface area (TPSA) is 29.3 Å². The largest absolute Gasteiger partial charge is 0.436 e. The summed E-state index contributed by atoms with van der Waals surface area (Å²) in [6.45, 7) is 0. The third kappa shape index (κ3) is 5.34. The minimum Gasteiger partial charge on any atom is -0.436 e. The zero-order valence-corrected chi connectivity index (χ0v) is 28.3.